The predicted octanol–water partition coefficient (Wildman–Crippen LogP) is 5.12. The molecule has 1 aromatic carbocycles. The van der Waals surface area contributed by atoms with Crippen molar-refractivity contribution in [1.29, 1.82) is 5.26 Å². The molecule has 2 aliphatic heterocycles. The molecule has 0 radical (unpaired) electrons. The molecule has 0 spiro atoms. The van der Waals surface area contributed by atoms with Crippen molar-refractivity contribution < 1.29 is 26.3 Å². The molecule has 5 heterocycles. The number of rotatable bonds is 11. The lowest BCUT2D eigenvalue weighted by atomic mass is 10.0. The number of nitriles is 1. The van der Waals surface area contributed by atoms with E-state index in [0.717, 1.165) is 60.3 Å². The van der Waals surface area contributed by atoms with Crippen molar-refractivity contribution in [3.63, 3.8) is 0 Å². The topological polar surface area (TPSA) is 120 Å². The van der Waals surface area contributed by atoms with Crippen LogP contribution in [0.3, 0.4) is 0 Å². The number of alkyl halides is 3. The number of likely N-dealkylation sites (tertiary alicyclic amines) is 1. The van der Waals surface area contributed by atoms with Gasteiger partial charge in [-0.15, -0.1) is 11.3 Å². The van der Waals surface area contributed by atoms with Gasteiger partial charge in [0, 0.05) is 87.3 Å². The highest BCUT2D eigenvalue weighted by molar-refractivity contribution is 7.88. The molecule has 0 unspecified atom stereocenters. The molecule has 50 heavy (non-hydrogen) atoms. The van der Waals surface area contributed by atoms with Gasteiger partial charge >= 0.3 is 6.18 Å². The minimum Gasteiger partial charge on any atom is -0.377 e. The average molecular weight is 733 g/mol. The van der Waals surface area contributed by atoms with Crippen LogP contribution < -0.4 is 5.32 Å². The van der Waals surface area contributed by atoms with Crippen LogP contribution in [0.5, 0.6) is 0 Å². The summed E-state index contributed by atoms with van der Waals surface area (Å²) in [5.74, 6) is 0.983. The number of halogens is 3. The highest BCUT2D eigenvalue weighted by Gasteiger charge is 2.30. The Labute approximate surface area is 294 Å². The van der Waals surface area contributed by atoms with Gasteiger partial charge in [0.2, 0.25) is 10.0 Å². The number of aryl methyl sites for hydroxylation is 1. The summed E-state index contributed by atoms with van der Waals surface area (Å²) in [6.45, 7) is 9.72. The first-order valence-corrected chi connectivity index (χ1v) is 19.4. The van der Waals surface area contributed by atoms with Crippen molar-refractivity contribution in [3.8, 4) is 6.07 Å². The predicted molar refractivity (Wildman–Crippen MR) is 189 cm³/mol. The van der Waals surface area contributed by atoms with E-state index in [0.29, 0.717) is 60.3 Å². The normalized spacial score (nSPS) is 18.2. The summed E-state index contributed by atoms with van der Waals surface area (Å²) in [6.07, 6.45) is -2.35. The molecule has 0 saturated carbocycles. The largest absolute Gasteiger partial charge is 0.393 e. The van der Waals surface area contributed by atoms with Gasteiger partial charge in [-0.25, -0.2) is 18.4 Å². The van der Waals surface area contributed by atoms with Crippen molar-refractivity contribution in [2.45, 2.75) is 71.1 Å². The number of nitrogens with one attached hydrogen (secondary N) is 1. The first kappa shape index (κ1) is 36.5. The van der Waals surface area contributed by atoms with Crippen LogP contribution in [-0.4, -0.2) is 108 Å². The fourth-order valence-electron chi connectivity index (χ4n) is 7.11. The van der Waals surface area contributed by atoms with E-state index in [1.54, 1.807) is 6.07 Å². The summed E-state index contributed by atoms with van der Waals surface area (Å²) >= 11 is 1.04. The second-order valence-electron chi connectivity index (χ2n) is 13.4. The van der Waals surface area contributed by atoms with Gasteiger partial charge in [-0.2, -0.15) is 22.7 Å². The lowest BCUT2D eigenvalue weighted by molar-refractivity contribution is -0.126. The second kappa shape index (κ2) is 14.7. The minimum atomic E-state index is -4.30. The second-order valence-corrected chi connectivity index (χ2v) is 16.5. The van der Waals surface area contributed by atoms with Crippen LogP contribution in [0.15, 0.2) is 24.3 Å². The van der Waals surface area contributed by atoms with Crippen LogP contribution >= 0.6 is 11.3 Å². The molecule has 0 bridgehead atoms. The minimum absolute atomic E-state index is 0.109. The van der Waals surface area contributed by atoms with E-state index in [9.17, 15) is 26.9 Å². The first-order valence-electron chi connectivity index (χ1n) is 16.8. The zero-order valence-electron chi connectivity index (χ0n) is 28.8. The summed E-state index contributed by atoms with van der Waals surface area (Å²) in [5, 5.41) is 15.2. The number of fused-ring (bicyclic) bond motifs is 2. The number of anilines is 1. The van der Waals surface area contributed by atoms with E-state index in [2.05, 4.69) is 61.7 Å². The van der Waals surface area contributed by atoms with E-state index in [4.69, 9.17) is 4.74 Å². The van der Waals surface area contributed by atoms with Gasteiger partial charge in [-0.3, -0.25) is 9.80 Å². The molecule has 16 heteroatoms. The number of methoxy groups -OCH3 is 1. The maximum absolute atomic E-state index is 13.1. The van der Waals surface area contributed by atoms with Crippen molar-refractivity contribution in [2.24, 2.45) is 0 Å². The molecule has 0 amide bonds. The molecule has 2 fully saturated rings. The van der Waals surface area contributed by atoms with Crippen LogP contribution in [-0.2, 0) is 40.9 Å². The Kier molecular flexibility index (Phi) is 10.7. The zero-order valence-corrected chi connectivity index (χ0v) is 30.4. The smallest absolute Gasteiger partial charge is 0.377 e. The Morgan fingerprint density at radius 2 is 1.82 bits per heavy atom. The molecule has 2 aliphatic rings. The van der Waals surface area contributed by atoms with Crippen LogP contribution in [0.2, 0.25) is 0 Å². The van der Waals surface area contributed by atoms with Gasteiger partial charge in [0.15, 0.2) is 5.82 Å². The molecule has 2 saturated heterocycles. The lowest BCUT2D eigenvalue weighted by Crippen LogP contribution is -2.51. The quantitative estimate of drug-likeness (QED) is 0.224. The highest BCUT2D eigenvalue weighted by atomic mass is 32.2. The molecule has 270 valence electrons. The number of piperazine rings is 1. The standard InChI is InChI=1S/C34H43F3N8O3S2/c1-22(43-11-13-44(14-12-43)50(4,46)47)19-45-26(18-38)15-28-23(2)24(5-6-30(28)45)20-42-9-7-25(8-10-42)39-32-29-16-27(17-34(35,36)37)49-33(29)41-31(40-32)21-48-3/h5-6,15-16,22,25H,7-14,17,19-21H2,1-4H3,(H,39,40,41)/t22-/m0/s1. The molecule has 11 nitrogen and oxygen atoms in total. The number of benzene rings is 1. The van der Waals surface area contributed by atoms with Crippen LogP contribution in [0.4, 0.5) is 19.0 Å². The molecule has 1 atom stereocenters. The molecule has 6 rings (SSSR count). The Balaban J connectivity index is 1.10. The summed E-state index contributed by atoms with van der Waals surface area (Å²) < 4.78 is 72.1. The molecule has 1 N–H and O–H groups in total. The number of thiophene rings is 1. The SMILES string of the molecule is COCc1nc(NC2CCN(Cc3ccc4c(cc(C#N)n4C[C@H](C)N4CCN(S(C)(=O)=O)CC4)c3C)CC2)c2cc(CC(F)(F)F)sc2n1. The first-order chi connectivity index (χ1) is 23.7. The van der Waals surface area contributed by atoms with Crippen LogP contribution in [0.1, 0.15) is 47.3 Å². The molecular formula is C34H43F3N8O3S2. The molecule has 4 aromatic rings. The van der Waals surface area contributed by atoms with Gasteiger partial charge in [0.25, 0.3) is 0 Å². The fraction of sp³-hybridized carbons (Fsp3) is 0.559. The Hall–Kier alpha value is -3.33. The van der Waals surface area contributed by atoms with Gasteiger partial charge in [-0.1, -0.05) is 6.07 Å². The third-order valence-electron chi connectivity index (χ3n) is 9.85. The summed E-state index contributed by atoms with van der Waals surface area (Å²) in [7, 11) is -1.67. The van der Waals surface area contributed by atoms with Crippen LogP contribution in [0, 0.1) is 18.3 Å². The number of hydrogen-bond donors (Lipinski definition) is 1. The number of piperidine rings is 1. The Morgan fingerprint density at radius 3 is 2.46 bits per heavy atom. The number of hydrogen-bond acceptors (Lipinski definition) is 10. The maximum atomic E-state index is 13.1. The Morgan fingerprint density at radius 1 is 1.10 bits per heavy atom. The number of aromatic nitrogens is 3. The lowest BCUT2D eigenvalue weighted by Gasteiger charge is -2.37. The number of nitrogens with zero attached hydrogens (tertiary/aromatic N) is 7. The van der Waals surface area contributed by atoms with E-state index in [1.807, 2.05) is 6.07 Å². The van der Waals surface area contributed by atoms with E-state index in [1.165, 1.54) is 23.2 Å². The van der Waals surface area contributed by atoms with Gasteiger partial charge in [0.05, 0.1) is 18.1 Å². The van der Waals surface area contributed by atoms with E-state index >= 15 is 0 Å². The van der Waals surface area contributed by atoms with Gasteiger partial charge < -0.3 is 14.6 Å². The van der Waals surface area contributed by atoms with E-state index < -0.39 is 22.6 Å². The van der Waals surface area contributed by atoms with Crippen LogP contribution in [0.25, 0.3) is 21.1 Å². The van der Waals surface area contributed by atoms with E-state index in [-0.39, 0.29) is 23.6 Å². The summed E-state index contributed by atoms with van der Waals surface area (Å²) in [4.78, 5) is 14.5. The molecule has 3 aromatic heterocycles. The zero-order chi connectivity index (χ0) is 35.8. The monoisotopic (exact) mass is 732 g/mol. The van der Waals surface area contributed by atoms with Crippen molar-refractivity contribution in [2.75, 3.05) is 58.0 Å². The van der Waals surface area contributed by atoms with Gasteiger partial charge in [-0.05, 0) is 56.0 Å². The fourth-order valence-corrected chi connectivity index (χ4v) is 9.02. The van der Waals surface area contributed by atoms with Crippen molar-refractivity contribution in [3.05, 3.63) is 51.8 Å². The maximum Gasteiger partial charge on any atom is 0.393 e. The molecule has 0 aliphatic carbocycles. The molecular weight excluding hydrogens is 690 g/mol. The summed E-state index contributed by atoms with van der Waals surface area (Å²) in [5.41, 5.74) is 3.97. The number of ether oxygens (including phenoxy) is 1. The third-order valence-corrected chi connectivity index (χ3v) is 12.2. The van der Waals surface area contributed by atoms with Crippen molar-refractivity contribution in [1.82, 2.24) is 28.6 Å². The Bertz CT molecular complexity index is 1990. The summed E-state index contributed by atoms with van der Waals surface area (Å²) in [6, 6.07) is 10.4. The number of sulfonamides is 1. The van der Waals surface area contributed by atoms with Crippen molar-refractivity contribution >= 4 is 48.3 Å². The van der Waals surface area contributed by atoms with Gasteiger partial charge in [0.1, 0.15) is 29.0 Å². The third kappa shape index (κ3) is 8.24. The highest BCUT2D eigenvalue weighted by Crippen LogP contribution is 2.34. The average Bonchev–Trinajstić information content (AvgIpc) is 3.63.